The molecule has 0 fully saturated rings. The van der Waals surface area contributed by atoms with Crippen LogP contribution < -0.4 is 5.32 Å². The number of hydrogen-bond acceptors (Lipinski definition) is 4. The molecule has 1 N–H and O–H groups in total. The van der Waals surface area contributed by atoms with Gasteiger partial charge in [-0.15, -0.1) is 0 Å². The second kappa shape index (κ2) is 4.84. The highest BCUT2D eigenvalue weighted by molar-refractivity contribution is 8.04. The number of esters is 1. The molecule has 1 atom stereocenters. The molecular formula is C13H15NO2S. The predicted molar refractivity (Wildman–Crippen MR) is 70.2 cm³/mol. The molecule has 0 bridgehead atoms. The van der Waals surface area contributed by atoms with Gasteiger partial charge >= 0.3 is 5.97 Å². The number of thioether (sulfide) groups is 1. The topological polar surface area (TPSA) is 38.3 Å². The van der Waals surface area contributed by atoms with Crippen LogP contribution in [0.15, 0.2) is 35.7 Å². The number of ether oxygens (including phenoxy) is 1. The summed E-state index contributed by atoms with van der Waals surface area (Å²) < 4.78 is 5.06. The fourth-order valence-corrected chi connectivity index (χ4v) is 2.49. The van der Waals surface area contributed by atoms with Gasteiger partial charge in [0.1, 0.15) is 0 Å². The first-order valence-electron chi connectivity index (χ1n) is 5.54. The minimum atomic E-state index is -0.707. The van der Waals surface area contributed by atoms with Crippen LogP contribution in [0.25, 0.3) is 5.70 Å². The second-order valence-corrected chi connectivity index (χ2v) is 5.18. The maximum absolute atomic E-state index is 11.8. The molecule has 1 aliphatic rings. The highest BCUT2D eigenvalue weighted by Crippen LogP contribution is 2.36. The number of carbonyl (C=O) groups excluding carboxylic acids is 1. The summed E-state index contributed by atoms with van der Waals surface area (Å²) in [7, 11) is 0. The summed E-state index contributed by atoms with van der Waals surface area (Å²) in [5.41, 5.74) is 2.04. The fourth-order valence-electron chi connectivity index (χ4n) is 1.62. The Morgan fingerprint density at radius 3 is 2.76 bits per heavy atom. The second-order valence-electron chi connectivity index (χ2n) is 3.89. The molecule has 0 aliphatic carbocycles. The molecule has 90 valence electrons. The number of rotatable bonds is 3. The van der Waals surface area contributed by atoms with Gasteiger partial charge in [-0.1, -0.05) is 42.1 Å². The lowest BCUT2D eigenvalue weighted by Gasteiger charge is -2.22. The first-order valence-corrected chi connectivity index (χ1v) is 6.42. The van der Waals surface area contributed by atoms with Crippen molar-refractivity contribution in [3.8, 4) is 0 Å². The molecule has 0 saturated heterocycles. The third kappa shape index (κ3) is 2.47. The minimum Gasteiger partial charge on any atom is -0.464 e. The normalized spacial score (nSPS) is 22.8. The number of nitrogens with one attached hydrogen (secondary N) is 1. The first kappa shape index (κ1) is 12.0. The largest absolute Gasteiger partial charge is 0.464 e. The summed E-state index contributed by atoms with van der Waals surface area (Å²) >= 11 is 1.45. The average Bonchev–Trinajstić information content (AvgIpc) is 2.75. The lowest BCUT2D eigenvalue weighted by molar-refractivity contribution is -0.146. The van der Waals surface area contributed by atoms with E-state index in [0.29, 0.717) is 6.61 Å². The van der Waals surface area contributed by atoms with E-state index in [0.717, 1.165) is 11.3 Å². The van der Waals surface area contributed by atoms with Crippen LogP contribution in [0.3, 0.4) is 0 Å². The molecule has 1 heterocycles. The third-order valence-electron chi connectivity index (χ3n) is 2.54. The van der Waals surface area contributed by atoms with E-state index >= 15 is 0 Å². The zero-order chi connectivity index (χ0) is 12.3. The summed E-state index contributed by atoms with van der Waals surface area (Å²) in [6.07, 6.45) is 0. The zero-order valence-electron chi connectivity index (χ0n) is 9.90. The minimum absolute atomic E-state index is 0.229. The van der Waals surface area contributed by atoms with Crippen molar-refractivity contribution in [2.75, 3.05) is 6.61 Å². The summed E-state index contributed by atoms with van der Waals surface area (Å²) in [6.45, 7) is 4.05. The van der Waals surface area contributed by atoms with Gasteiger partial charge in [0.2, 0.25) is 0 Å². The highest BCUT2D eigenvalue weighted by Gasteiger charge is 2.39. The summed E-state index contributed by atoms with van der Waals surface area (Å²) in [6, 6.07) is 9.94. The first-order chi connectivity index (χ1) is 8.15. The van der Waals surface area contributed by atoms with E-state index in [-0.39, 0.29) is 5.97 Å². The Bertz CT molecular complexity index is 444. The van der Waals surface area contributed by atoms with Crippen molar-refractivity contribution >= 4 is 23.4 Å². The van der Waals surface area contributed by atoms with E-state index in [1.165, 1.54) is 11.8 Å². The standard InChI is InChI=1S/C13H15NO2S/c1-3-16-12(15)13(2)14-11(9-17-13)10-7-5-4-6-8-10/h4-9,14H,3H2,1-2H3. The monoisotopic (exact) mass is 249 g/mol. The molecule has 3 nitrogen and oxygen atoms in total. The molecule has 0 aromatic heterocycles. The van der Waals surface area contributed by atoms with Gasteiger partial charge < -0.3 is 10.1 Å². The third-order valence-corrected chi connectivity index (χ3v) is 3.63. The number of hydrogen-bond donors (Lipinski definition) is 1. The lowest BCUT2D eigenvalue weighted by Crippen LogP contribution is -2.43. The van der Waals surface area contributed by atoms with Crippen LogP contribution in [-0.2, 0) is 9.53 Å². The molecular weight excluding hydrogens is 234 g/mol. The average molecular weight is 249 g/mol. The quantitative estimate of drug-likeness (QED) is 0.836. The SMILES string of the molecule is CCOC(=O)C1(C)NC(c2ccccc2)=CS1. The fraction of sp³-hybridized carbons (Fsp3) is 0.308. The Kier molecular flexibility index (Phi) is 3.43. The Balaban J connectivity index is 2.11. The van der Waals surface area contributed by atoms with Gasteiger partial charge in [0.05, 0.1) is 6.61 Å². The molecule has 0 saturated carbocycles. The molecule has 0 amide bonds. The van der Waals surface area contributed by atoms with E-state index in [2.05, 4.69) is 5.32 Å². The Morgan fingerprint density at radius 1 is 1.41 bits per heavy atom. The van der Waals surface area contributed by atoms with Gasteiger partial charge in [-0.25, -0.2) is 4.79 Å². The maximum atomic E-state index is 11.8. The van der Waals surface area contributed by atoms with E-state index in [1.807, 2.05) is 49.6 Å². The van der Waals surface area contributed by atoms with E-state index < -0.39 is 4.87 Å². The van der Waals surface area contributed by atoms with Crippen LogP contribution in [0.1, 0.15) is 19.4 Å². The predicted octanol–water partition coefficient (Wildman–Crippen LogP) is 2.60. The van der Waals surface area contributed by atoms with Crippen LogP contribution in [-0.4, -0.2) is 17.4 Å². The van der Waals surface area contributed by atoms with Crippen LogP contribution in [0.4, 0.5) is 0 Å². The van der Waals surface area contributed by atoms with Gasteiger partial charge in [0.15, 0.2) is 4.87 Å². The Morgan fingerprint density at radius 2 is 2.12 bits per heavy atom. The number of carbonyl (C=O) groups is 1. The molecule has 1 aromatic rings. The van der Waals surface area contributed by atoms with E-state index in [9.17, 15) is 4.79 Å². The zero-order valence-corrected chi connectivity index (χ0v) is 10.7. The summed E-state index contributed by atoms with van der Waals surface area (Å²) in [5.74, 6) is -0.229. The van der Waals surface area contributed by atoms with Crippen LogP contribution >= 0.6 is 11.8 Å². The van der Waals surface area contributed by atoms with Gasteiger partial charge in [-0.05, 0) is 24.8 Å². The smallest absolute Gasteiger partial charge is 0.342 e. The van der Waals surface area contributed by atoms with Crippen molar-refractivity contribution in [1.82, 2.24) is 5.32 Å². The summed E-state index contributed by atoms with van der Waals surface area (Å²) in [5, 5.41) is 5.18. The number of benzene rings is 1. The molecule has 17 heavy (non-hydrogen) atoms. The van der Waals surface area contributed by atoms with Gasteiger partial charge in [0.25, 0.3) is 0 Å². The van der Waals surface area contributed by atoms with Gasteiger partial charge in [-0.2, -0.15) is 0 Å². The molecule has 0 radical (unpaired) electrons. The van der Waals surface area contributed by atoms with Crippen molar-refractivity contribution in [2.24, 2.45) is 0 Å². The molecule has 1 aliphatic heterocycles. The highest BCUT2D eigenvalue weighted by atomic mass is 32.2. The molecule has 1 aromatic carbocycles. The molecule has 2 rings (SSSR count). The van der Waals surface area contributed by atoms with Crippen LogP contribution in [0, 0.1) is 0 Å². The van der Waals surface area contributed by atoms with Gasteiger partial charge in [-0.3, -0.25) is 0 Å². The van der Waals surface area contributed by atoms with Crippen molar-refractivity contribution < 1.29 is 9.53 Å². The summed E-state index contributed by atoms with van der Waals surface area (Å²) in [4.78, 5) is 11.1. The van der Waals surface area contributed by atoms with Crippen molar-refractivity contribution in [2.45, 2.75) is 18.7 Å². The van der Waals surface area contributed by atoms with E-state index in [4.69, 9.17) is 4.74 Å². The molecule has 4 heteroatoms. The molecule has 0 spiro atoms. The van der Waals surface area contributed by atoms with Crippen LogP contribution in [0.2, 0.25) is 0 Å². The Hall–Kier alpha value is -1.42. The van der Waals surface area contributed by atoms with Crippen molar-refractivity contribution in [1.29, 1.82) is 0 Å². The Labute approximate surface area is 105 Å². The van der Waals surface area contributed by atoms with Crippen molar-refractivity contribution in [3.05, 3.63) is 41.3 Å². The van der Waals surface area contributed by atoms with E-state index in [1.54, 1.807) is 0 Å². The van der Waals surface area contributed by atoms with Gasteiger partial charge in [0, 0.05) is 5.70 Å². The van der Waals surface area contributed by atoms with Crippen molar-refractivity contribution in [3.63, 3.8) is 0 Å². The van der Waals surface area contributed by atoms with Crippen LogP contribution in [0.5, 0.6) is 0 Å². The molecule has 1 unspecified atom stereocenters. The lowest BCUT2D eigenvalue weighted by atomic mass is 10.1. The maximum Gasteiger partial charge on any atom is 0.342 e.